The first-order valence-corrected chi connectivity index (χ1v) is 18.4. The summed E-state index contributed by atoms with van der Waals surface area (Å²) in [6.45, 7) is 3.94. The van der Waals surface area contributed by atoms with Crippen LogP contribution in [0.25, 0.3) is 33.6 Å². The van der Waals surface area contributed by atoms with Gasteiger partial charge in [0.1, 0.15) is 17.7 Å². The van der Waals surface area contributed by atoms with Gasteiger partial charge in [-0.05, 0) is 67.6 Å². The molecule has 268 valence electrons. The molecule has 0 spiro atoms. The lowest BCUT2D eigenvalue weighted by molar-refractivity contribution is -0.137. The third kappa shape index (κ3) is 6.73. The normalized spacial score (nSPS) is 19.8. The number of hydrogen-bond donors (Lipinski definition) is 2. The van der Waals surface area contributed by atoms with Gasteiger partial charge in [-0.3, -0.25) is 9.69 Å². The monoisotopic (exact) mass is 698 g/mol. The highest BCUT2D eigenvalue weighted by Crippen LogP contribution is 2.36. The average Bonchev–Trinajstić information content (AvgIpc) is 4.02. The summed E-state index contributed by atoms with van der Waals surface area (Å²) in [6, 6.07) is 26.6. The van der Waals surface area contributed by atoms with Crippen LogP contribution in [0.5, 0.6) is 0 Å². The fourth-order valence-corrected chi connectivity index (χ4v) is 7.97. The van der Waals surface area contributed by atoms with Crippen LogP contribution in [0.4, 0.5) is 4.79 Å². The van der Waals surface area contributed by atoms with Gasteiger partial charge in [-0.15, -0.1) is 0 Å². The first kappa shape index (κ1) is 33.9. The largest absolute Gasteiger partial charge is 0.378 e. The Hall–Kier alpha value is -5.26. The SMILES string of the molecule is CN(C)C(C(=O)N1CCC[C@H]1c1ncc(-c2ccc(-c3ccc(-c4cnc([C@@H]5CCCN5C(=O)N5CCOCC5)[nH]4)cc3)cc2)[nH]1)c1ccccc1. The minimum absolute atomic E-state index is 0.0394. The number of aromatic amines is 2. The predicted octanol–water partition coefficient (Wildman–Crippen LogP) is 6.69. The third-order valence-electron chi connectivity index (χ3n) is 10.7. The number of morpholine rings is 1. The number of hydrogen-bond acceptors (Lipinski definition) is 6. The molecule has 3 fully saturated rings. The molecule has 0 aliphatic carbocycles. The van der Waals surface area contributed by atoms with Crippen molar-refractivity contribution in [3.05, 3.63) is 108 Å². The van der Waals surface area contributed by atoms with Crippen molar-refractivity contribution in [3.8, 4) is 33.6 Å². The van der Waals surface area contributed by atoms with Crippen LogP contribution in [0.2, 0.25) is 0 Å². The van der Waals surface area contributed by atoms with Crippen LogP contribution in [0, 0.1) is 0 Å². The van der Waals surface area contributed by atoms with Gasteiger partial charge in [-0.25, -0.2) is 14.8 Å². The van der Waals surface area contributed by atoms with E-state index < -0.39 is 0 Å². The Kier molecular flexibility index (Phi) is 9.62. The average molecular weight is 699 g/mol. The third-order valence-corrected chi connectivity index (χ3v) is 10.7. The van der Waals surface area contributed by atoms with E-state index in [4.69, 9.17) is 14.7 Å². The van der Waals surface area contributed by atoms with E-state index in [0.717, 1.165) is 89.6 Å². The number of carbonyl (C=O) groups excluding carboxylic acids is 2. The molecule has 5 heterocycles. The maximum atomic E-state index is 13.9. The summed E-state index contributed by atoms with van der Waals surface area (Å²) >= 11 is 0. The maximum absolute atomic E-state index is 13.9. The first-order chi connectivity index (χ1) is 25.4. The van der Waals surface area contributed by atoms with Crippen molar-refractivity contribution in [2.24, 2.45) is 0 Å². The van der Waals surface area contributed by atoms with E-state index in [1.807, 2.05) is 76.4 Å². The van der Waals surface area contributed by atoms with Crippen molar-refractivity contribution in [2.75, 3.05) is 53.5 Å². The van der Waals surface area contributed by atoms with Crippen LogP contribution in [0.1, 0.15) is 61.0 Å². The summed E-state index contributed by atoms with van der Waals surface area (Å²) in [6.07, 6.45) is 7.46. The van der Waals surface area contributed by atoms with Gasteiger partial charge in [0.15, 0.2) is 0 Å². The van der Waals surface area contributed by atoms with Gasteiger partial charge in [0.25, 0.3) is 0 Å². The minimum atomic E-state index is -0.338. The number of likely N-dealkylation sites (tertiary alicyclic amines) is 2. The number of imidazole rings is 2. The number of likely N-dealkylation sites (N-methyl/N-ethyl adjacent to an activating group) is 1. The zero-order chi connectivity index (χ0) is 35.6. The quantitative estimate of drug-likeness (QED) is 0.187. The molecule has 0 bridgehead atoms. The number of carbonyl (C=O) groups is 2. The summed E-state index contributed by atoms with van der Waals surface area (Å²) in [5.41, 5.74) is 7.21. The highest BCUT2D eigenvalue weighted by Gasteiger charge is 2.37. The van der Waals surface area contributed by atoms with Crippen molar-refractivity contribution in [1.82, 2.24) is 39.5 Å². The topological polar surface area (TPSA) is 114 Å². The number of benzene rings is 3. The predicted molar refractivity (Wildman–Crippen MR) is 200 cm³/mol. The maximum Gasteiger partial charge on any atom is 0.320 e. The van der Waals surface area contributed by atoms with E-state index in [9.17, 15) is 9.59 Å². The molecule has 3 aromatic carbocycles. The van der Waals surface area contributed by atoms with Crippen LogP contribution >= 0.6 is 0 Å². The molecule has 5 aromatic rings. The fourth-order valence-electron chi connectivity index (χ4n) is 7.97. The van der Waals surface area contributed by atoms with Crippen LogP contribution in [0.15, 0.2) is 91.3 Å². The van der Waals surface area contributed by atoms with E-state index in [1.165, 1.54) is 0 Å². The lowest BCUT2D eigenvalue weighted by Crippen LogP contribution is -2.48. The number of ether oxygens (including phenoxy) is 1. The second kappa shape index (κ2) is 14.8. The highest BCUT2D eigenvalue weighted by molar-refractivity contribution is 5.84. The standard InChI is InChI=1S/C41H46N8O3/c1-46(2)37(32-8-4-3-5-9-32)40(50)48-20-6-10-35(48)38-42-26-33(44-38)30-16-12-28(13-17-30)29-14-18-31(19-15-29)34-27-43-39(45-34)36-11-7-21-49(36)41(51)47-22-24-52-25-23-47/h3-5,8-9,12-19,26-27,35-37H,6-7,10-11,20-25H2,1-2H3,(H,42,44)(H,43,45)/t35-,36-,37?/m0/s1. The molecule has 1 unspecified atom stereocenters. The van der Waals surface area contributed by atoms with Crippen molar-refractivity contribution >= 4 is 11.9 Å². The molecule has 2 aromatic heterocycles. The number of H-pyrrole nitrogens is 2. The molecule has 52 heavy (non-hydrogen) atoms. The number of amides is 3. The fraction of sp³-hybridized carbons (Fsp3) is 0.366. The molecule has 8 rings (SSSR count). The molecule has 11 heteroatoms. The number of nitrogens with zero attached hydrogens (tertiary/aromatic N) is 6. The van der Waals surface area contributed by atoms with Crippen molar-refractivity contribution in [3.63, 3.8) is 0 Å². The summed E-state index contributed by atoms with van der Waals surface area (Å²) in [7, 11) is 3.92. The van der Waals surface area contributed by atoms with Gasteiger partial charge in [0.05, 0.1) is 49.1 Å². The minimum Gasteiger partial charge on any atom is -0.378 e. The van der Waals surface area contributed by atoms with Crippen LogP contribution in [-0.4, -0.2) is 105 Å². The number of urea groups is 1. The van der Waals surface area contributed by atoms with Gasteiger partial charge in [0, 0.05) is 26.2 Å². The van der Waals surface area contributed by atoms with E-state index in [-0.39, 0.29) is 30.1 Å². The molecule has 11 nitrogen and oxygen atoms in total. The summed E-state index contributed by atoms with van der Waals surface area (Å²) in [5.74, 6) is 1.78. The molecule has 2 N–H and O–H groups in total. The Morgan fingerprint density at radius 2 is 1.19 bits per heavy atom. The molecular formula is C41H46N8O3. The second-order valence-corrected chi connectivity index (χ2v) is 14.2. The highest BCUT2D eigenvalue weighted by atomic mass is 16.5. The number of nitrogens with one attached hydrogen (secondary N) is 2. The number of rotatable bonds is 8. The van der Waals surface area contributed by atoms with Crippen molar-refractivity contribution < 1.29 is 14.3 Å². The summed E-state index contributed by atoms with van der Waals surface area (Å²) in [5, 5.41) is 0. The van der Waals surface area contributed by atoms with Gasteiger partial charge in [-0.1, -0.05) is 78.9 Å². The van der Waals surface area contributed by atoms with E-state index >= 15 is 0 Å². The van der Waals surface area contributed by atoms with E-state index in [1.54, 1.807) is 0 Å². The molecule has 3 aliphatic rings. The molecule has 0 saturated carbocycles. The van der Waals surface area contributed by atoms with Crippen molar-refractivity contribution in [1.29, 1.82) is 0 Å². The lowest BCUT2D eigenvalue weighted by Gasteiger charge is -2.33. The molecule has 3 saturated heterocycles. The van der Waals surface area contributed by atoms with Crippen molar-refractivity contribution in [2.45, 2.75) is 43.8 Å². The summed E-state index contributed by atoms with van der Waals surface area (Å²) in [4.78, 5) is 51.5. The van der Waals surface area contributed by atoms with Crippen LogP contribution in [-0.2, 0) is 9.53 Å². The Morgan fingerprint density at radius 1 is 0.692 bits per heavy atom. The van der Waals surface area contributed by atoms with Crippen LogP contribution in [0.3, 0.4) is 0 Å². The zero-order valence-corrected chi connectivity index (χ0v) is 29.9. The Morgan fingerprint density at radius 3 is 1.73 bits per heavy atom. The van der Waals surface area contributed by atoms with Gasteiger partial charge in [-0.2, -0.15) is 0 Å². The van der Waals surface area contributed by atoms with Crippen LogP contribution < -0.4 is 0 Å². The van der Waals surface area contributed by atoms with E-state index in [2.05, 4.69) is 58.5 Å². The molecule has 0 radical (unpaired) electrons. The Labute approximate surface area is 304 Å². The van der Waals surface area contributed by atoms with Gasteiger partial charge < -0.3 is 29.4 Å². The molecule has 3 amide bonds. The smallest absolute Gasteiger partial charge is 0.320 e. The second-order valence-electron chi connectivity index (χ2n) is 14.2. The molecule has 3 atom stereocenters. The molecular weight excluding hydrogens is 653 g/mol. The summed E-state index contributed by atoms with van der Waals surface area (Å²) < 4.78 is 5.44. The van der Waals surface area contributed by atoms with Gasteiger partial charge >= 0.3 is 6.03 Å². The zero-order valence-electron chi connectivity index (χ0n) is 29.9. The Bertz CT molecular complexity index is 1980. The first-order valence-electron chi connectivity index (χ1n) is 18.4. The lowest BCUT2D eigenvalue weighted by atomic mass is 10.0. The Balaban J connectivity index is 0.925. The molecule has 3 aliphatic heterocycles. The van der Waals surface area contributed by atoms with E-state index in [0.29, 0.717) is 26.3 Å². The van der Waals surface area contributed by atoms with Gasteiger partial charge in [0.2, 0.25) is 5.91 Å². The number of aromatic nitrogens is 4.